The first-order valence-corrected chi connectivity index (χ1v) is 5.70. The summed E-state index contributed by atoms with van der Waals surface area (Å²) in [5.74, 6) is 2.34. The van der Waals surface area contributed by atoms with E-state index in [0.29, 0.717) is 6.54 Å². The molecule has 0 aromatic heterocycles. The molecule has 0 aliphatic heterocycles. The van der Waals surface area contributed by atoms with E-state index >= 15 is 0 Å². The molecular formula is C7H12ClNO2S. The smallest absolute Gasteiger partial charge is 0.212 e. The predicted octanol–water partition coefficient (Wildman–Crippen LogP) is 0.510. The van der Waals surface area contributed by atoms with Crippen LogP contribution in [0.3, 0.4) is 0 Å². The molecule has 3 nitrogen and oxygen atoms in total. The molecule has 0 fully saturated rings. The number of nitrogens with zero attached hydrogens (tertiary/aromatic N) is 1. The molecule has 0 aromatic rings. The quantitative estimate of drug-likeness (QED) is 0.489. The molecule has 0 aromatic carbocycles. The number of sulfonamides is 1. The molecule has 0 amide bonds. The Morgan fingerprint density at radius 1 is 1.58 bits per heavy atom. The van der Waals surface area contributed by atoms with E-state index in [1.807, 2.05) is 0 Å². The van der Waals surface area contributed by atoms with Crippen LogP contribution >= 0.6 is 11.6 Å². The fraction of sp³-hybridized carbons (Fsp3) is 0.714. The second kappa shape index (κ2) is 5.41. The van der Waals surface area contributed by atoms with Gasteiger partial charge in [-0.05, 0) is 0 Å². The van der Waals surface area contributed by atoms with Gasteiger partial charge in [-0.15, -0.1) is 18.0 Å². The largest absolute Gasteiger partial charge is 0.216 e. The van der Waals surface area contributed by atoms with Crippen LogP contribution in [-0.2, 0) is 10.0 Å². The van der Waals surface area contributed by atoms with E-state index in [0.717, 1.165) is 0 Å². The van der Waals surface area contributed by atoms with E-state index in [2.05, 4.69) is 5.92 Å². The van der Waals surface area contributed by atoms with Crippen LogP contribution in [-0.4, -0.2) is 37.4 Å². The highest BCUT2D eigenvalue weighted by atomic mass is 35.5. The van der Waals surface area contributed by atoms with Gasteiger partial charge in [-0.3, -0.25) is 0 Å². The third-order valence-electron chi connectivity index (χ3n) is 1.35. The highest BCUT2D eigenvalue weighted by Crippen LogP contribution is 2.00. The van der Waals surface area contributed by atoms with Gasteiger partial charge in [0.25, 0.3) is 0 Å². The minimum atomic E-state index is -3.23. The molecule has 0 unspecified atom stereocenters. The van der Waals surface area contributed by atoms with Gasteiger partial charge in [-0.1, -0.05) is 12.8 Å². The topological polar surface area (TPSA) is 37.4 Å². The highest BCUT2D eigenvalue weighted by molar-refractivity contribution is 7.89. The predicted molar refractivity (Wildman–Crippen MR) is 50.6 cm³/mol. The molecule has 0 heterocycles. The van der Waals surface area contributed by atoms with Gasteiger partial charge < -0.3 is 0 Å². The van der Waals surface area contributed by atoms with E-state index in [1.165, 1.54) is 4.31 Å². The van der Waals surface area contributed by atoms with Gasteiger partial charge in [-0.2, -0.15) is 4.31 Å². The Hall–Kier alpha value is -0.240. The molecule has 70 valence electrons. The lowest BCUT2D eigenvalue weighted by molar-refractivity contribution is 0.465. The molecule has 0 radical (unpaired) electrons. The summed E-state index contributed by atoms with van der Waals surface area (Å²) >= 11 is 5.33. The van der Waals surface area contributed by atoms with Crippen LogP contribution in [0.15, 0.2) is 0 Å². The number of halogens is 1. The molecular weight excluding hydrogens is 198 g/mol. The Morgan fingerprint density at radius 2 is 2.17 bits per heavy atom. The fourth-order valence-corrected chi connectivity index (χ4v) is 2.44. The van der Waals surface area contributed by atoms with Crippen molar-refractivity contribution < 1.29 is 8.42 Å². The van der Waals surface area contributed by atoms with Gasteiger partial charge >= 0.3 is 0 Å². The van der Waals surface area contributed by atoms with Crippen LogP contribution in [0, 0.1) is 12.3 Å². The summed E-state index contributed by atoms with van der Waals surface area (Å²) < 4.78 is 23.8. The van der Waals surface area contributed by atoms with Gasteiger partial charge in [0, 0.05) is 12.4 Å². The van der Waals surface area contributed by atoms with Crippen LogP contribution in [0.25, 0.3) is 0 Å². The van der Waals surface area contributed by atoms with Gasteiger partial charge in [-0.25, -0.2) is 8.42 Å². The summed E-state index contributed by atoms with van der Waals surface area (Å²) in [5, 5.41) is 0. The maximum Gasteiger partial charge on any atom is 0.216 e. The first-order valence-electron chi connectivity index (χ1n) is 3.55. The summed E-state index contributed by atoms with van der Waals surface area (Å²) in [6, 6.07) is 0. The molecule has 5 heteroatoms. The van der Waals surface area contributed by atoms with E-state index < -0.39 is 10.0 Å². The lowest BCUT2D eigenvalue weighted by Gasteiger charge is -2.16. The molecule has 0 rings (SSSR count). The normalized spacial score (nSPS) is 11.5. The minimum absolute atomic E-state index is 0.0515. The maximum atomic E-state index is 11.3. The summed E-state index contributed by atoms with van der Waals surface area (Å²) in [6.45, 7) is 2.25. The van der Waals surface area contributed by atoms with E-state index in [9.17, 15) is 8.42 Å². The molecule has 0 saturated heterocycles. The van der Waals surface area contributed by atoms with Gasteiger partial charge in [0.05, 0.1) is 12.3 Å². The summed E-state index contributed by atoms with van der Waals surface area (Å²) in [4.78, 5) is 0. The Kier molecular flexibility index (Phi) is 5.31. The Labute approximate surface area is 78.8 Å². The number of terminal acetylenes is 1. The molecule has 0 bridgehead atoms. The minimum Gasteiger partial charge on any atom is -0.212 e. The first-order chi connectivity index (χ1) is 5.58. The van der Waals surface area contributed by atoms with Gasteiger partial charge in [0.2, 0.25) is 10.0 Å². The third-order valence-corrected chi connectivity index (χ3v) is 3.66. The second-order valence-electron chi connectivity index (χ2n) is 2.14. The van der Waals surface area contributed by atoms with Crippen molar-refractivity contribution in [2.24, 2.45) is 0 Å². The van der Waals surface area contributed by atoms with Gasteiger partial charge in [0.15, 0.2) is 0 Å². The van der Waals surface area contributed by atoms with E-state index in [1.54, 1.807) is 6.92 Å². The number of alkyl halides is 1. The number of hydrogen-bond donors (Lipinski definition) is 0. The van der Waals surface area contributed by atoms with Crippen LogP contribution in [0.4, 0.5) is 0 Å². The summed E-state index contributed by atoms with van der Waals surface area (Å²) in [7, 11) is -3.23. The SMILES string of the molecule is C#CCN(CC)S(=O)(=O)CCCl. The maximum absolute atomic E-state index is 11.3. The molecule has 0 aliphatic rings. The van der Waals surface area contributed by atoms with Crippen molar-refractivity contribution in [2.75, 3.05) is 24.7 Å². The lowest BCUT2D eigenvalue weighted by atomic mass is 10.6. The first kappa shape index (κ1) is 11.8. The van der Waals surface area contributed by atoms with Crippen molar-refractivity contribution >= 4 is 21.6 Å². The number of hydrogen-bond acceptors (Lipinski definition) is 2. The zero-order valence-electron chi connectivity index (χ0n) is 6.96. The molecule has 0 spiro atoms. The molecule has 0 atom stereocenters. The number of rotatable bonds is 5. The summed E-state index contributed by atoms with van der Waals surface area (Å²) in [6.07, 6.45) is 5.01. The van der Waals surface area contributed by atoms with Crippen molar-refractivity contribution in [2.45, 2.75) is 6.92 Å². The molecule has 0 aliphatic carbocycles. The van der Waals surface area contributed by atoms with Crippen LogP contribution in [0.2, 0.25) is 0 Å². The van der Waals surface area contributed by atoms with Crippen LogP contribution in [0.1, 0.15) is 6.92 Å². The van der Waals surface area contributed by atoms with E-state index in [4.69, 9.17) is 18.0 Å². The standard InChI is InChI=1S/C7H12ClNO2S/c1-3-6-9(4-2)12(10,11)7-5-8/h1H,4-7H2,2H3. The second-order valence-corrected chi connectivity index (χ2v) is 4.60. The third kappa shape index (κ3) is 3.44. The average Bonchev–Trinajstić information content (AvgIpc) is 1.99. The Balaban J connectivity index is 4.40. The highest BCUT2D eigenvalue weighted by Gasteiger charge is 2.17. The van der Waals surface area contributed by atoms with Gasteiger partial charge in [0.1, 0.15) is 0 Å². The lowest BCUT2D eigenvalue weighted by Crippen LogP contribution is -2.33. The van der Waals surface area contributed by atoms with E-state index in [-0.39, 0.29) is 18.2 Å². The Morgan fingerprint density at radius 3 is 2.50 bits per heavy atom. The van der Waals surface area contributed by atoms with Crippen LogP contribution < -0.4 is 0 Å². The zero-order valence-corrected chi connectivity index (χ0v) is 8.53. The molecule has 0 saturated carbocycles. The zero-order chi connectivity index (χ0) is 9.61. The molecule has 12 heavy (non-hydrogen) atoms. The van der Waals surface area contributed by atoms with Crippen molar-refractivity contribution in [1.29, 1.82) is 0 Å². The van der Waals surface area contributed by atoms with Crippen molar-refractivity contribution in [3.63, 3.8) is 0 Å². The monoisotopic (exact) mass is 209 g/mol. The summed E-state index contributed by atoms with van der Waals surface area (Å²) in [5.41, 5.74) is 0. The van der Waals surface area contributed by atoms with Crippen LogP contribution in [0.5, 0.6) is 0 Å². The Bertz CT molecular complexity index is 255. The molecule has 0 N–H and O–H groups in total. The van der Waals surface area contributed by atoms with Crippen molar-refractivity contribution in [3.05, 3.63) is 0 Å². The average molecular weight is 210 g/mol. The fourth-order valence-electron chi connectivity index (χ4n) is 0.735. The van der Waals surface area contributed by atoms with Crippen molar-refractivity contribution in [1.82, 2.24) is 4.31 Å². The van der Waals surface area contributed by atoms with Crippen molar-refractivity contribution in [3.8, 4) is 12.3 Å².